The summed E-state index contributed by atoms with van der Waals surface area (Å²) in [5.74, 6) is 0.0349. The van der Waals surface area contributed by atoms with Crippen molar-refractivity contribution in [2.75, 3.05) is 4.90 Å². The first-order chi connectivity index (χ1) is 11.3. The zero-order chi connectivity index (χ0) is 15.8. The molecule has 0 fully saturated rings. The second kappa shape index (κ2) is 5.43. The highest BCUT2D eigenvalue weighted by atomic mass is 16.2. The van der Waals surface area contributed by atoms with Crippen molar-refractivity contribution in [2.45, 2.75) is 19.4 Å². The van der Waals surface area contributed by atoms with Crippen molar-refractivity contribution in [1.82, 2.24) is 4.98 Å². The summed E-state index contributed by atoms with van der Waals surface area (Å²) in [6, 6.07) is 16.5. The molecule has 0 saturated carbocycles. The van der Waals surface area contributed by atoms with Gasteiger partial charge >= 0.3 is 0 Å². The van der Waals surface area contributed by atoms with E-state index in [4.69, 9.17) is 0 Å². The molecule has 0 unspecified atom stereocenters. The van der Waals surface area contributed by atoms with Crippen molar-refractivity contribution >= 4 is 22.5 Å². The maximum Gasteiger partial charge on any atom is 0.251 e. The number of carbonyl (C=O) groups excluding carboxylic acids is 1. The summed E-state index contributed by atoms with van der Waals surface area (Å²) in [6.45, 7) is 1.88. The fourth-order valence-corrected chi connectivity index (χ4v) is 3.50. The molecule has 23 heavy (non-hydrogen) atoms. The Balaban J connectivity index is 1.86. The van der Waals surface area contributed by atoms with Gasteiger partial charge in [0.15, 0.2) is 0 Å². The van der Waals surface area contributed by atoms with E-state index in [2.05, 4.69) is 23.2 Å². The lowest BCUT2D eigenvalue weighted by atomic mass is 10.0. The van der Waals surface area contributed by atoms with E-state index in [1.807, 2.05) is 48.4 Å². The van der Waals surface area contributed by atoms with Gasteiger partial charge in [-0.1, -0.05) is 42.5 Å². The van der Waals surface area contributed by atoms with Crippen molar-refractivity contribution < 1.29 is 4.79 Å². The summed E-state index contributed by atoms with van der Waals surface area (Å²) >= 11 is 0. The molecule has 1 atom stereocenters. The standard InChI is InChI=1S/C20H18N2O/c1-2-7-20(23)22-18-11-6-3-8-14(18)12-19(22)16-13-21-17-10-5-4-9-15(16)17/h2-11,13,19,21H,12H2,1H3/b7-2-/t19-/m1/s1. The van der Waals surface area contributed by atoms with Crippen LogP contribution in [-0.2, 0) is 11.2 Å². The average molecular weight is 302 g/mol. The monoisotopic (exact) mass is 302 g/mol. The molecule has 114 valence electrons. The van der Waals surface area contributed by atoms with Crippen LogP contribution in [0.1, 0.15) is 24.1 Å². The highest BCUT2D eigenvalue weighted by Crippen LogP contribution is 2.42. The summed E-state index contributed by atoms with van der Waals surface area (Å²) in [6.07, 6.45) is 6.33. The first-order valence-corrected chi connectivity index (χ1v) is 7.89. The van der Waals surface area contributed by atoms with Crippen LogP contribution in [0.2, 0.25) is 0 Å². The summed E-state index contributed by atoms with van der Waals surface area (Å²) < 4.78 is 0. The van der Waals surface area contributed by atoms with E-state index >= 15 is 0 Å². The second-order valence-corrected chi connectivity index (χ2v) is 5.85. The molecule has 3 nitrogen and oxygen atoms in total. The maximum absolute atomic E-state index is 12.7. The number of aromatic amines is 1. The Labute approximate surface area is 135 Å². The topological polar surface area (TPSA) is 36.1 Å². The number of nitrogens with one attached hydrogen (secondary N) is 1. The number of hydrogen-bond acceptors (Lipinski definition) is 1. The van der Waals surface area contributed by atoms with Crippen LogP contribution in [0.3, 0.4) is 0 Å². The predicted octanol–water partition coefficient (Wildman–Crippen LogP) is 4.37. The Morgan fingerprint density at radius 3 is 2.83 bits per heavy atom. The first kappa shape index (κ1) is 13.8. The summed E-state index contributed by atoms with van der Waals surface area (Å²) in [7, 11) is 0. The van der Waals surface area contributed by atoms with Crippen molar-refractivity contribution in [2.24, 2.45) is 0 Å². The predicted molar refractivity (Wildman–Crippen MR) is 93.5 cm³/mol. The molecule has 1 aromatic heterocycles. The van der Waals surface area contributed by atoms with Crippen LogP contribution in [0.15, 0.2) is 66.9 Å². The number of aromatic nitrogens is 1. The van der Waals surface area contributed by atoms with Crippen molar-refractivity contribution in [3.8, 4) is 0 Å². The Morgan fingerprint density at radius 1 is 1.17 bits per heavy atom. The summed E-state index contributed by atoms with van der Waals surface area (Å²) in [5, 5.41) is 1.18. The van der Waals surface area contributed by atoms with Gasteiger partial charge in [-0.05, 0) is 37.1 Å². The van der Waals surface area contributed by atoms with Gasteiger partial charge in [0.25, 0.3) is 5.91 Å². The smallest absolute Gasteiger partial charge is 0.251 e. The highest BCUT2D eigenvalue weighted by molar-refractivity contribution is 6.04. The van der Waals surface area contributed by atoms with Gasteiger partial charge in [-0.2, -0.15) is 0 Å². The van der Waals surface area contributed by atoms with Crippen LogP contribution in [0.5, 0.6) is 0 Å². The third-order valence-corrected chi connectivity index (χ3v) is 4.50. The molecule has 0 aliphatic carbocycles. The first-order valence-electron chi connectivity index (χ1n) is 7.89. The minimum Gasteiger partial charge on any atom is -0.361 e. The molecule has 3 aromatic rings. The van der Waals surface area contributed by atoms with Gasteiger partial charge in [-0.3, -0.25) is 4.79 Å². The van der Waals surface area contributed by atoms with Crippen molar-refractivity contribution in [3.05, 3.63) is 78.0 Å². The number of H-pyrrole nitrogens is 1. The number of allylic oxidation sites excluding steroid dienone is 1. The molecule has 0 saturated heterocycles. The van der Waals surface area contributed by atoms with Crippen LogP contribution in [-0.4, -0.2) is 10.9 Å². The molecule has 3 heteroatoms. The zero-order valence-corrected chi connectivity index (χ0v) is 13.0. The fraction of sp³-hybridized carbons (Fsp3) is 0.150. The van der Waals surface area contributed by atoms with Gasteiger partial charge in [0, 0.05) is 28.4 Å². The Kier molecular flexibility index (Phi) is 3.27. The van der Waals surface area contributed by atoms with E-state index in [1.165, 1.54) is 16.5 Å². The second-order valence-electron chi connectivity index (χ2n) is 5.85. The minimum atomic E-state index is 0.0345. The van der Waals surface area contributed by atoms with Crippen molar-refractivity contribution in [3.63, 3.8) is 0 Å². The fourth-order valence-electron chi connectivity index (χ4n) is 3.50. The van der Waals surface area contributed by atoms with Crippen LogP contribution in [0.4, 0.5) is 5.69 Å². The molecule has 1 aliphatic heterocycles. The molecular weight excluding hydrogens is 284 g/mol. The third-order valence-electron chi connectivity index (χ3n) is 4.50. The van der Waals surface area contributed by atoms with E-state index in [-0.39, 0.29) is 11.9 Å². The summed E-state index contributed by atoms with van der Waals surface area (Å²) in [5.41, 5.74) is 4.53. The molecule has 2 aromatic carbocycles. The highest BCUT2D eigenvalue weighted by Gasteiger charge is 2.34. The minimum absolute atomic E-state index is 0.0345. The molecule has 1 N–H and O–H groups in total. The van der Waals surface area contributed by atoms with E-state index in [0.29, 0.717) is 0 Å². The SMILES string of the molecule is C/C=C\C(=O)N1c2ccccc2C[C@@H]1c1c[nH]c2ccccc12. The quantitative estimate of drug-likeness (QED) is 0.701. The molecule has 0 radical (unpaired) electrons. The number of nitrogens with zero attached hydrogens (tertiary/aromatic N) is 1. The Bertz CT molecular complexity index is 907. The number of para-hydroxylation sites is 2. The molecule has 4 rings (SSSR count). The lowest BCUT2D eigenvalue weighted by molar-refractivity contribution is -0.114. The summed E-state index contributed by atoms with van der Waals surface area (Å²) in [4.78, 5) is 17.9. The Hall–Kier alpha value is -2.81. The van der Waals surface area contributed by atoms with Gasteiger partial charge in [-0.15, -0.1) is 0 Å². The van der Waals surface area contributed by atoms with E-state index in [1.54, 1.807) is 12.2 Å². The average Bonchev–Trinajstić information content (AvgIpc) is 3.16. The van der Waals surface area contributed by atoms with E-state index in [9.17, 15) is 4.79 Å². The Morgan fingerprint density at radius 2 is 1.96 bits per heavy atom. The number of anilines is 1. The lowest BCUT2D eigenvalue weighted by Gasteiger charge is -2.24. The maximum atomic E-state index is 12.7. The van der Waals surface area contributed by atoms with Crippen LogP contribution in [0.25, 0.3) is 10.9 Å². The molecular formula is C20H18N2O. The van der Waals surface area contributed by atoms with Crippen LogP contribution >= 0.6 is 0 Å². The number of rotatable bonds is 2. The van der Waals surface area contributed by atoms with Gasteiger partial charge in [-0.25, -0.2) is 0 Å². The number of hydrogen-bond donors (Lipinski definition) is 1. The van der Waals surface area contributed by atoms with Gasteiger partial charge in [0.1, 0.15) is 0 Å². The lowest BCUT2D eigenvalue weighted by Crippen LogP contribution is -2.30. The van der Waals surface area contributed by atoms with Crippen LogP contribution in [0, 0.1) is 0 Å². The molecule has 0 bridgehead atoms. The largest absolute Gasteiger partial charge is 0.361 e. The number of carbonyl (C=O) groups is 1. The number of fused-ring (bicyclic) bond motifs is 2. The zero-order valence-electron chi connectivity index (χ0n) is 13.0. The van der Waals surface area contributed by atoms with E-state index < -0.39 is 0 Å². The molecule has 1 aliphatic rings. The van der Waals surface area contributed by atoms with Crippen molar-refractivity contribution in [1.29, 1.82) is 0 Å². The van der Waals surface area contributed by atoms with Crippen LogP contribution < -0.4 is 4.90 Å². The van der Waals surface area contributed by atoms with E-state index in [0.717, 1.165) is 17.6 Å². The van der Waals surface area contributed by atoms with Gasteiger partial charge in [0.05, 0.1) is 6.04 Å². The third kappa shape index (κ3) is 2.16. The number of benzene rings is 2. The molecule has 1 amide bonds. The molecule has 2 heterocycles. The van der Waals surface area contributed by atoms with Gasteiger partial charge < -0.3 is 9.88 Å². The number of amides is 1. The molecule has 0 spiro atoms. The normalized spacial score (nSPS) is 17.1. The van der Waals surface area contributed by atoms with Gasteiger partial charge in [0.2, 0.25) is 0 Å².